The molecule has 0 heterocycles. The van der Waals surface area contributed by atoms with Crippen LogP contribution in [0.4, 0.5) is 11.4 Å². The van der Waals surface area contributed by atoms with E-state index in [9.17, 15) is 14.4 Å². The normalized spacial score (nSPS) is 10.2. The van der Waals surface area contributed by atoms with Crippen molar-refractivity contribution in [1.82, 2.24) is 5.32 Å². The van der Waals surface area contributed by atoms with Gasteiger partial charge < -0.3 is 26.4 Å². The molecule has 0 bridgehead atoms. The molecule has 3 aromatic carbocycles. The molecular weight excluding hydrogens is 420 g/mol. The van der Waals surface area contributed by atoms with Crippen LogP contribution >= 0.6 is 0 Å². The Balaban J connectivity index is 1.56. The first-order chi connectivity index (χ1) is 16.0. The largest absolute Gasteiger partial charge is 0.497 e. The average Bonchev–Trinajstić information content (AvgIpc) is 2.83. The third-order valence-corrected chi connectivity index (χ3v) is 4.94. The maximum atomic E-state index is 12.7. The Morgan fingerprint density at radius 3 is 2.15 bits per heavy atom. The van der Waals surface area contributed by atoms with Gasteiger partial charge in [-0.05, 0) is 48.4 Å². The average molecular weight is 447 g/mol. The molecule has 0 spiro atoms. The van der Waals surface area contributed by atoms with Gasteiger partial charge in [0.05, 0.1) is 30.5 Å². The molecule has 3 amide bonds. The zero-order valence-electron chi connectivity index (χ0n) is 18.3. The van der Waals surface area contributed by atoms with Crippen molar-refractivity contribution in [2.75, 3.05) is 30.8 Å². The third kappa shape index (κ3) is 6.57. The van der Waals surface area contributed by atoms with Crippen LogP contribution < -0.4 is 26.4 Å². The van der Waals surface area contributed by atoms with E-state index in [4.69, 9.17) is 10.5 Å². The molecule has 3 rings (SSSR count). The first-order valence-corrected chi connectivity index (χ1v) is 10.4. The highest BCUT2D eigenvalue weighted by atomic mass is 16.5. The van der Waals surface area contributed by atoms with Crippen molar-refractivity contribution in [2.24, 2.45) is 5.73 Å². The number of ether oxygens (including phenoxy) is 1. The highest BCUT2D eigenvalue weighted by molar-refractivity contribution is 6.05. The number of nitrogens with one attached hydrogen (secondary N) is 3. The second-order valence-electron chi connectivity index (χ2n) is 7.21. The number of rotatable bonds is 10. The molecule has 0 fully saturated rings. The fourth-order valence-electron chi connectivity index (χ4n) is 3.22. The van der Waals surface area contributed by atoms with Crippen LogP contribution in [0, 0.1) is 0 Å². The lowest BCUT2D eigenvalue weighted by Gasteiger charge is -2.13. The summed E-state index contributed by atoms with van der Waals surface area (Å²) in [5, 5.41) is 8.52. The highest BCUT2D eigenvalue weighted by Gasteiger charge is 2.14. The van der Waals surface area contributed by atoms with E-state index in [1.54, 1.807) is 55.6 Å². The predicted molar refractivity (Wildman–Crippen MR) is 128 cm³/mol. The minimum absolute atomic E-state index is 0.0995. The molecule has 8 nitrogen and oxygen atoms in total. The summed E-state index contributed by atoms with van der Waals surface area (Å²) in [6.07, 6.45) is 0.660. The Labute approximate surface area is 192 Å². The molecule has 0 aliphatic rings. The van der Waals surface area contributed by atoms with Crippen molar-refractivity contribution in [3.8, 4) is 5.75 Å². The van der Waals surface area contributed by atoms with Crippen molar-refractivity contribution in [2.45, 2.75) is 6.42 Å². The molecule has 5 N–H and O–H groups in total. The van der Waals surface area contributed by atoms with Gasteiger partial charge in [0.25, 0.3) is 11.8 Å². The van der Waals surface area contributed by atoms with Gasteiger partial charge in [-0.1, -0.05) is 36.4 Å². The second kappa shape index (κ2) is 11.3. The second-order valence-corrected chi connectivity index (χ2v) is 7.21. The molecule has 3 aromatic rings. The minimum Gasteiger partial charge on any atom is -0.497 e. The third-order valence-electron chi connectivity index (χ3n) is 4.94. The lowest BCUT2D eigenvalue weighted by molar-refractivity contribution is -0.114. The Morgan fingerprint density at radius 2 is 1.48 bits per heavy atom. The van der Waals surface area contributed by atoms with Crippen LogP contribution in [-0.4, -0.2) is 37.9 Å². The molecule has 0 saturated carbocycles. The van der Waals surface area contributed by atoms with E-state index in [0.29, 0.717) is 35.5 Å². The SMILES string of the molecule is COc1ccc(CCNC(=O)c2ccccc2NC(=O)CNc2ccccc2C(N)=O)cc1. The smallest absolute Gasteiger partial charge is 0.253 e. The minimum atomic E-state index is -0.588. The van der Waals surface area contributed by atoms with Gasteiger partial charge in [-0.2, -0.15) is 0 Å². The monoisotopic (exact) mass is 446 g/mol. The Kier molecular flexibility index (Phi) is 8.02. The molecule has 0 unspecified atom stereocenters. The van der Waals surface area contributed by atoms with Crippen LogP contribution in [0.1, 0.15) is 26.3 Å². The number of nitrogens with two attached hydrogens (primary N) is 1. The van der Waals surface area contributed by atoms with Crippen molar-refractivity contribution < 1.29 is 19.1 Å². The van der Waals surface area contributed by atoms with E-state index in [1.165, 1.54) is 0 Å². The number of carbonyl (C=O) groups is 3. The number of amides is 3. The Bertz CT molecular complexity index is 1130. The van der Waals surface area contributed by atoms with E-state index in [2.05, 4.69) is 16.0 Å². The number of hydrogen-bond donors (Lipinski definition) is 4. The number of para-hydroxylation sites is 2. The molecule has 0 saturated heterocycles. The zero-order valence-corrected chi connectivity index (χ0v) is 18.3. The highest BCUT2D eigenvalue weighted by Crippen LogP contribution is 2.17. The molecule has 0 atom stereocenters. The lowest BCUT2D eigenvalue weighted by Crippen LogP contribution is -2.28. The first-order valence-electron chi connectivity index (χ1n) is 10.4. The molecule has 170 valence electrons. The number of hydrogen-bond acceptors (Lipinski definition) is 5. The standard InChI is InChI=1S/C25H26N4O4/c1-33-18-12-10-17(11-13-18)14-15-27-25(32)20-7-3-5-9-22(20)29-23(30)16-28-21-8-4-2-6-19(21)24(26)31/h2-13,28H,14-16H2,1H3,(H2,26,31)(H,27,32)(H,29,30). The van der Waals surface area contributed by atoms with Crippen molar-refractivity contribution >= 4 is 29.1 Å². The zero-order chi connectivity index (χ0) is 23.6. The summed E-state index contributed by atoms with van der Waals surface area (Å²) in [4.78, 5) is 36.7. The summed E-state index contributed by atoms with van der Waals surface area (Å²) in [5.74, 6) is -0.463. The first kappa shape index (κ1) is 23.3. The van der Waals surface area contributed by atoms with Gasteiger partial charge in [0.1, 0.15) is 5.75 Å². The molecule has 0 aromatic heterocycles. The van der Waals surface area contributed by atoms with E-state index in [1.807, 2.05) is 24.3 Å². The van der Waals surface area contributed by atoms with Gasteiger partial charge in [0, 0.05) is 12.2 Å². The van der Waals surface area contributed by atoms with E-state index in [0.717, 1.165) is 11.3 Å². The summed E-state index contributed by atoms with van der Waals surface area (Å²) in [7, 11) is 1.61. The molecule has 0 aliphatic heterocycles. The van der Waals surface area contributed by atoms with E-state index >= 15 is 0 Å². The fraction of sp³-hybridized carbons (Fsp3) is 0.160. The van der Waals surface area contributed by atoms with Crippen LogP contribution in [0.5, 0.6) is 5.75 Å². The molecule has 0 radical (unpaired) electrons. The van der Waals surface area contributed by atoms with Crippen molar-refractivity contribution in [3.63, 3.8) is 0 Å². The van der Waals surface area contributed by atoms with Crippen LogP contribution in [0.25, 0.3) is 0 Å². The van der Waals surface area contributed by atoms with Crippen LogP contribution in [0.15, 0.2) is 72.8 Å². The molecular formula is C25H26N4O4. The van der Waals surface area contributed by atoms with E-state index in [-0.39, 0.29) is 18.4 Å². The van der Waals surface area contributed by atoms with Crippen LogP contribution in [0.2, 0.25) is 0 Å². The van der Waals surface area contributed by atoms with Gasteiger partial charge in [-0.15, -0.1) is 0 Å². The topological polar surface area (TPSA) is 123 Å². The molecule has 33 heavy (non-hydrogen) atoms. The van der Waals surface area contributed by atoms with Gasteiger partial charge in [0.2, 0.25) is 5.91 Å². The van der Waals surface area contributed by atoms with Crippen LogP contribution in [-0.2, 0) is 11.2 Å². The van der Waals surface area contributed by atoms with Gasteiger partial charge in [-0.25, -0.2) is 0 Å². The summed E-state index contributed by atoms with van der Waals surface area (Å²) in [5.41, 5.74) is 7.94. The Morgan fingerprint density at radius 1 is 0.848 bits per heavy atom. The van der Waals surface area contributed by atoms with Gasteiger partial charge in [0.15, 0.2) is 0 Å². The molecule has 8 heteroatoms. The predicted octanol–water partition coefficient (Wildman–Crippen LogP) is 2.82. The fourth-order valence-corrected chi connectivity index (χ4v) is 3.22. The van der Waals surface area contributed by atoms with E-state index < -0.39 is 5.91 Å². The Hall–Kier alpha value is -4.33. The quantitative estimate of drug-likeness (QED) is 0.381. The maximum Gasteiger partial charge on any atom is 0.253 e. The number of anilines is 2. The maximum absolute atomic E-state index is 12.7. The summed E-state index contributed by atoms with van der Waals surface area (Å²) in [6.45, 7) is 0.344. The van der Waals surface area contributed by atoms with Gasteiger partial charge in [-0.3, -0.25) is 14.4 Å². The molecule has 0 aliphatic carbocycles. The summed E-state index contributed by atoms with van der Waals surface area (Å²) in [6, 6.07) is 21.1. The van der Waals surface area contributed by atoms with Crippen molar-refractivity contribution in [3.05, 3.63) is 89.5 Å². The number of benzene rings is 3. The van der Waals surface area contributed by atoms with Crippen LogP contribution in [0.3, 0.4) is 0 Å². The van der Waals surface area contributed by atoms with Crippen molar-refractivity contribution in [1.29, 1.82) is 0 Å². The number of methoxy groups -OCH3 is 1. The summed E-state index contributed by atoms with van der Waals surface area (Å²) < 4.78 is 5.14. The lowest BCUT2D eigenvalue weighted by atomic mass is 10.1. The number of carbonyl (C=O) groups excluding carboxylic acids is 3. The summed E-state index contributed by atoms with van der Waals surface area (Å²) >= 11 is 0. The number of primary amides is 1. The van der Waals surface area contributed by atoms with Gasteiger partial charge >= 0.3 is 0 Å².